The van der Waals surface area contributed by atoms with Crippen LogP contribution in [0.15, 0.2) is 41.3 Å². The number of hydrogen-bond acceptors (Lipinski definition) is 4. The van der Waals surface area contributed by atoms with E-state index in [0.717, 1.165) is 12.1 Å². The van der Waals surface area contributed by atoms with Gasteiger partial charge in [-0.05, 0) is 61.7 Å². The normalized spacial score (nSPS) is 19.4. The lowest BCUT2D eigenvalue weighted by Gasteiger charge is -2.43. The summed E-state index contributed by atoms with van der Waals surface area (Å²) in [5.74, 6) is -1.44. The molecule has 1 amide bonds. The van der Waals surface area contributed by atoms with Crippen molar-refractivity contribution in [2.45, 2.75) is 56.8 Å². The summed E-state index contributed by atoms with van der Waals surface area (Å²) >= 11 is 5.76. The monoisotopic (exact) mass is 546 g/mol. The molecular weight excluding hydrogens is 521 g/mol. The molecule has 36 heavy (non-hydrogen) atoms. The lowest BCUT2D eigenvalue weighted by molar-refractivity contribution is -0.138. The summed E-state index contributed by atoms with van der Waals surface area (Å²) in [5.41, 5.74) is 0.310. The Balaban J connectivity index is 1.77. The van der Waals surface area contributed by atoms with Gasteiger partial charge in [0, 0.05) is 25.2 Å². The van der Waals surface area contributed by atoms with Crippen LogP contribution < -0.4 is 0 Å². The van der Waals surface area contributed by atoms with Crippen LogP contribution in [0.3, 0.4) is 0 Å². The van der Waals surface area contributed by atoms with Gasteiger partial charge in [-0.15, -0.1) is 0 Å². The van der Waals surface area contributed by atoms with Gasteiger partial charge in [0.05, 0.1) is 28.3 Å². The van der Waals surface area contributed by atoms with Crippen molar-refractivity contribution in [2.75, 3.05) is 13.1 Å². The minimum absolute atomic E-state index is 0.0170. The minimum Gasteiger partial charge on any atom is -0.481 e. The quantitative estimate of drug-likeness (QED) is 0.587. The molecule has 1 saturated heterocycles. The van der Waals surface area contributed by atoms with E-state index in [1.807, 2.05) is 0 Å². The number of alkyl halides is 3. The maximum atomic E-state index is 13.5. The molecule has 2 atom stereocenters. The lowest BCUT2D eigenvalue weighted by Crippen LogP contribution is -2.59. The van der Waals surface area contributed by atoms with Gasteiger partial charge >= 0.3 is 12.1 Å². The molecule has 7 nitrogen and oxygen atoms in total. The number of piperazine rings is 1. The van der Waals surface area contributed by atoms with Crippen molar-refractivity contribution in [3.63, 3.8) is 0 Å². The average molecular weight is 547 g/mol. The van der Waals surface area contributed by atoms with E-state index >= 15 is 0 Å². The van der Waals surface area contributed by atoms with Crippen molar-refractivity contribution in [1.82, 2.24) is 9.21 Å². The summed E-state index contributed by atoms with van der Waals surface area (Å²) in [4.78, 5) is 25.5. The van der Waals surface area contributed by atoms with Gasteiger partial charge in [-0.25, -0.2) is 8.42 Å². The Hall–Kier alpha value is -2.63. The van der Waals surface area contributed by atoms with E-state index in [4.69, 9.17) is 16.7 Å². The van der Waals surface area contributed by atoms with Crippen LogP contribution in [0.2, 0.25) is 5.02 Å². The zero-order chi connectivity index (χ0) is 27.0. The van der Waals surface area contributed by atoms with Crippen LogP contribution in [0.25, 0.3) is 0 Å². The fraction of sp³-hybridized carbons (Fsp3) is 0.417. The second kappa shape index (κ2) is 10.4. The Morgan fingerprint density at radius 2 is 1.64 bits per heavy atom. The number of rotatable bonds is 6. The molecule has 1 aliphatic heterocycles. The SMILES string of the molecule is Cc1cc(CC(=O)O)cc(S(=O)(=O)N2C(C)CN(C(=O)Cc3ccc(C(F)(F)F)c(Cl)c3)C[C@@H]2C)c1. The maximum absolute atomic E-state index is 13.5. The number of carbonyl (C=O) groups is 2. The third-order valence-electron chi connectivity index (χ3n) is 5.93. The smallest absolute Gasteiger partial charge is 0.417 e. The molecule has 1 heterocycles. The molecule has 0 saturated carbocycles. The zero-order valence-corrected chi connectivity index (χ0v) is 21.4. The Morgan fingerprint density at radius 3 is 2.17 bits per heavy atom. The highest BCUT2D eigenvalue weighted by atomic mass is 35.5. The Morgan fingerprint density at radius 1 is 1.03 bits per heavy atom. The third kappa shape index (κ3) is 6.19. The summed E-state index contributed by atoms with van der Waals surface area (Å²) in [6.45, 7) is 5.18. The molecule has 2 aromatic carbocycles. The number of carboxylic acid groups (broad SMARTS) is 1. The Labute approximate surface area is 212 Å². The number of amides is 1. The molecule has 2 aromatic rings. The number of carbonyl (C=O) groups excluding carboxylic acids is 1. The number of sulfonamides is 1. The van der Waals surface area contributed by atoms with Gasteiger partial charge in [0.25, 0.3) is 0 Å². The van der Waals surface area contributed by atoms with E-state index in [2.05, 4.69) is 0 Å². The van der Waals surface area contributed by atoms with Crippen molar-refractivity contribution in [3.8, 4) is 0 Å². The molecule has 1 N–H and O–H groups in total. The van der Waals surface area contributed by atoms with E-state index in [1.54, 1.807) is 26.8 Å². The van der Waals surface area contributed by atoms with Crippen LogP contribution >= 0.6 is 11.6 Å². The predicted molar refractivity (Wildman–Crippen MR) is 127 cm³/mol. The highest BCUT2D eigenvalue weighted by Gasteiger charge is 2.40. The first-order valence-electron chi connectivity index (χ1n) is 11.1. The summed E-state index contributed by atoms with van der Waals surface area (Å²) < 4.78 is 67.1. The molecule has 1 aliphatic rings. The van der Waals surface area contributed by atoms with Gasteiger partial charge in [0.15, 0.2) is 0 Å². The molecule has 3 rings (SSSR count). The van der Waals surface area contributed by atoms with Gasteiger partial charge in [0.1, 0.15) is 0 Å². The van der Waals surface area contributed by atoms with Gasteiger partial charge in [-0.2, -0.15) is 17.5 Å². The van der Waals surface area contributed by atoms with Gasteiger partial charge < -0.3 is 10.0 Å². The largest absolute Gasteiger partial charge is 0.481 e. The first kappa shape index (κ1) is 27.9. The molecule has 0 aliphatic carbocycles. The van der Waals surface area contributed by atoms with Crippen LogP contribution in [-0.4, -0.2) is 59.8 Å². The van der Waals surface area contributed by atoms with Gasteiger partial charge in [0.2, 0.25) is 15.9 Å². The van der Waals surface area contributed by atoms with Crippen LogP contribution in [0.4, 0.5) is 13.2 Å². The minimum atomic E-state index is -4.60. The van der Waals surface area contributed by atoms with Crippen molar-refractivity contribution in [2.24, 2.45) is 0 Å². The third-order valence-corrected chi connectivity index (χ3v) is 8.35. The zero-order valence-electron chi connectivity index (χ0n) is 19.8. The number of aliphatic carboxylic acids is 1. The van der Waals surface area contributed by atoms with E-state index in [1.165, 1.54) is 27.4 Å². The first-order chi connectivity index (χ1) is 16.6. The van der Waals surface area contributed by atoms with Crippen LogP contribution in [0, 0.1) is 6.92 Å². The summed E-state index contributed by atoms with van der Waals surface area (Å²) in [6, 6.07) is 6.40. The summed E-state index contributed by atoms with van der Waals surface area (Å²) in [6.07, 6.45) is -5.09. The predicted octanol–water partition coefficient (Wildman–Crippen LogP) is 4.15. The van der Waals surface area contributed by atoms with Crippen molar-refractivity contribution < 1.29 is 36.3 Å². The second-order valence-corrected chi connectivity index (χ2v) is 11.3. The van der Waals surface area contributed by atoms with Crippen molar-refractivity contribution >= 4 is 33.5 Å². The van der Waals surface area contributed by atoms with E-state index < -0.39 is 44.8 Å². The fourth-order valence-electron chi connectivity index (χ4n) is 4.54. The number of halogens is 4. The van der Waals surface area contributed by atoms with E-state index in [9.17, 15) is 31.2 Å². The van der Waals surface area contributed by atoms with Crippen LogP contribution in [-0.2, 0) is 38.6 Å². The molecule has 0 radical (unpaired) electrons. The Bertz CT molecular complexity index is 1270. The highest BCUT2D eigenvalue weighted by molar-refractivity contribution is 7.89. The molecule has 1 fully saturated rings. The lowest BCUT2D eigenvalue weighted by atomic mass is 10.1. The summed E-state index contributed by atoms with van der Waals surface area (Å²) in [7, 11) is -4.00. The highest BCUT2D eigenvalue weighted by Crippen LogP contribution is 2.35. The number of aryl methyl sites for hydroxylation is 1. The number of nitrogens with zero attached hydrogens (tertiary/aromatic N) is 2. The number of carboxylic acids is 1. The first-order valence-corrected chi connectivity index (χ1v) is 12.9. The van der Waals surface area contributed by atoms with E-state index in [-0.39, 0.29) is 36.7 Å². The fourth-order valence-corrected chi connectivity index (χ4v) is 6.81. The Kier molecular flexibility index (Phi) is 8.07. The molecule has 1 unspecified atom stereocenters. The van der Waals surface area contributed by atoms with Gasteiger partial charge in [-0.3, -0.25) is 9.59 Å². The molecule has 0 bridgehead atoms. The molecule has 12 heteroatoms. The number of benzene rings is 2. The van der Waals surface area contributed by atoms with Crippen molar-refractivity contribution in [3.05, 3.63) is 63.7 Å². The van der Waals surface area contributed by atoms with Crippen LogP contribution in [0.5, 0.6) is 0 Å². The van der Waals surface area contributed by atoms with E-state index in [0.29, 0.717) is 16.7 Å². The molecular formula is C24H26ClF3N2O5S. The second-order valence-electron chi connectivity index (χ2n) is 9.05. The van der Waals surface area contributed by atoms with Crippen LogP contribution in [0.1, 0.15) is 36.1 Å². The average Bonchev–Trinajstić information content (AvgIpc) is 2.71. The molecule has 0 spiro atoms. The summed E-state index contributed by atoms with van der Waals surface area (Å²) in [5, 5.41) is 8.59. The van der Waals surface area contributed by atoms with Gasteiger partial charge in [-0.1, -0.05) is 23.7 Å². The number of hydrogen-bond donors (Lipinski definition) is 1. The standard InChI is InChI=1S/C24H26ClF3N2O5S/c1-14-6-18(11-23(32)33)8-19(7-14)36(34,35)30-15(2)12-29(13-16(30)3)22(31)10-17-4-5-20(21(25)9-17)24(26,27)28/h4-9,15-16H,10-13H2,1-3H3,(H,32,33)/t15-,16?/m0/s1. The molecule has 0 aromatic heterocycles. The maximum Gasteiger partial charge on any atom is 0.417 e. The molecule has 196 valence electrons. The van der Waals surface area contributed by atoms with Crippen molar-refractivity contribution in [1.29, 1.82) is 0 Å². The topological polar surface area (TPSA) is 95.0 Å².